The molecule has 0 radical (unpaired) electrons. The molecule has 5 N–H and O–H groups in total. The number of amidine groups is 2. The van der Waals surface area contributed by atoms with Gasteiger partial charge in [0.2, 0.25) is 5.84 Å². The number of hydrogen-bond donors (Lipinski definition) is 5. The molecule has 0 aliphatic carbocycles. The number of nitrogens with two attached hydrogens (primary N) is 1. The lowest BCUT2D eigenvalue weighted by Crippen LogP contribution is -2.79. The lowest BCUT2D eigenvalue weighted by molar-refractivity contribution is -0.513. The van der Waals surface area contributed by atoms with E-state index >= 15 is 0 Å². The van der Waals surface area contributed by atoms with Crippen molar-refractivity contribution in [2.75, 3.05) is 14.1 Å². The summed E-state index contributed by atoms with van der Waals surface area (Å²) in [5.41, 5.74) is 8.18. The van der Waals surface area contributed by atoms with E-state index in [1.54, 1.807) is 39.4 Å². The van der Waals surface area contributed by atoms with Crippen LogP contribution in [-0.4, -0.2) is 41.7 Å². The molecule has 0 aliphatic rings. The Bertz CT molecular complexity index is 950. The SMILES string of the molecule is CC[C@@H]([NH+]=C(NS)C(N)=Nc1ccc(C)c(C(=O)N(C)C)c1O)c1cc(C)co1. The van der Waals surface area contributed by atoms with Gasteiger partial charge in [-0.2, -0.15) is 0 Å². The monoisotopic (exact) mass is 418 g/mol. The van der Waals surface area contributed by atoms with Gasteiger partial charge in [0.25, 0.3) is 5.91 Å². The number of aliphatic imine (C=N–C) groups is 1. The third kappa shape index (κ3) is 5.11. The van der Waals surface area contributed by atoms with Crippen molar-refractivity contribution >= 4 is 36.1 Å². The van der Waals surface area contributed by atoms with Gasteiger partial charge in [-0.3, -0.25) is 9.79 Å². The van der Waals surface area contributed by atoms with E-state index in [-0.39, 0.29) is 34.8 Å². The van der Waals surface area contributed by atoms with Gasteiger partial charge in [0, 0.05) is 26.9 Å². The molecule has 8 nitrogen and oxygen atoms in total. The number of phenolic OH excluding ortho intramolecular Hbond substituents is 1. The largest absolute Gasteiger partial charge is 0.505 e. The fourth-order valence-electron chi connectivity index (χ4n) is 2.80. The summed E-state index contributed by atoms with van der Waals surface area (Å²) in [5.74, 6) is 0.651. The van der Waals surface area contributed by atoms with Crippen molar-refractivity contribution in [2.24, 2.45) is 10.7 Å². The number of carbonyl (C=O) groups is 1. The van der Waals surface area contributed by atoms with Crippen LogP contribution in [0.2, 0.25) is 0 Å². The molecule has 0 saturated heterocycles. The van der Waals surface area contributed by atoms with E-state index in [9.17, 15) is 9.90 Å². The zero-order valence-electron chi connectivity index (χ0n) is 17.3. The number of amides is 1. The zero-order valence-corrected chi connectivity index (χ0v) is 18.2. The summed E-state index contributed by atoms with van der Waals surface area (Å²) < 4.78 is 8.26. The maximum atomic E-state index is 12.4. The Morgan fingerprint density at radius 2 is 2.10 bits per heavy atom. The van der Waals surface area contributed by atoms with Crippen LogP contribution >= 0.6 is 12.8 Å². The van der Waals surface area contributed by atoms with Gasteiger partial charge in [-0.25, -0.2) is 9.71 Å². The summed E-state index contributed by atoms with van der Waals surface area (Å²) in [7, 11) is 3.24. The number of furan rings is 1. The number of aromatic hydroxyl groups is 1. The number of carbonyl (C=O) groups excluding carboxylic acids is 1. The van der Waals surface area contributed by atoms with Crippen LogP contribution in [-0.2, 0) is 0 Å². The van der Waals surface area contributed by atoms with E-state index in [0.717, 1.165) is 17.7 Å². The number of nitrogens with one attached hydrogen (secondary N) is 2. The van der Waals surface area contributed by atoms with Crippen molar-refractivity contribution < 1.29 is 19.3 Å². The third-order valence-electron chi connectivity index (χ3n) is 4.41. The fourth-order valence-corrected chi connectivity index (χ4v) is 2.98. The van der Waals surface area contributed by atoms with Crippen LogP contribution in [0.1, 0.15) is 46.6 Å². The summed E-state index contributed by atoms with van der Waals surface area (Å²) in [5, 5.41) is 10.6. The number of aryl methyl sites for hydroxylation is 2. The first-order valence-electron chi connectivity index (χ1n) is 9.16. The second kappa shape index (κ2) is 9.51. The van der Waals surface area contributed by atoms with Gasteiger partial charge in [0.15, 0.2) is 11.8 Å². The van der Waals surface area contributed by atoms with Crippen LogP contribution in [0.25, 0.3) is 0 Å². The summed E-state index contributed by atoms with van der Waals surface area (Å²) in [4.78, 5) is 21.3. The van der Waals surface area contributed by atoms with Crippen molar-refractivity contribution in [1.29, 1.82) is 0 Å². The minimum absolute atomic E-state index is 0.0733. The quantitative estimate of drug-likeness (QED) is 0.285. The van der Waals surface area contributed by atoms with E-state index < -0.39 is 0 Å². The first-order valence-corrected chi connectivity index (χ1v) is 9.61. The molecule has 2 rings (SSSR count). The van der Waals surface area contributed by atoms with Crippen LogP contribution in [0.4, 0.5) is 5.69 Å². The standard InChI is InChI=1S/C20H27N5O3S/c1-6-13(15-9-11(2)10-28-15)23-19(24-29)18(21)22-14-8-7-12(3)16(17(14)26)20(27)25(4)5/h7-10,13,26,29H,6H2,1-5H3,(H2,21,22)(H,23,24)/p+1/t13-/m1/s1. The second-order valence-electron chi connectivity index (χ2n) is 6.94. The second-order valence-corrected chi connectivity index (χ2v) is 7.16. The molecule has 29 heavy (non-hydrogen) atoms. The van der Waals surface area contributed by atoms with Gasteiger partial charge >= 0.3 is 5.84 Å². The molecule has 0 aliphatic heterocycles. The van der Waals surface area contributed by atoms with E-state index in [4.69, 9.17) is 10.2 Å². The fraction of sp³-hybridized carbons (Fsp3) is 0.350. The lowest BCUT2D eigenvalue weighted by Gasteiger charge is -2.15. The third-order valence-corrected chi connectivity index (χ3v) is 4.64. The average molecular weight is 419 g/mol. The van der Waals surface area contributed by atoms with E-state index in [0.29, 0.717) is 11.4 Å². The Morgan fingerprint density at radius 3 is 2.62 bits per heavy atom. The number of phenols is 1. The Morgan fingerprint density at radius 1 is 1.41 bits per heavy atom. The topological polar surface area (TPSA) is 118 Å². The smallest absolute Gasteiger partial charge is 0.322 e. The molecule has 0 fully saturated rings. The summed E-state index contributed by atoms with van der Waals surface area (Å²) in [6, 6.07) is 5.11. The van der Waals surface area contributed by atoms with Crippen molar-refractivity contribution in [3.05, 3.63) is 46.9 Å². The molecular weight excluding hydrogens is 390 g/mol. The highest BCUT2D eigenvalue weighted by Gasteiger charge is 2.22. The molecule has 0 bridgehead atoms. The van der Waals surface area contributed by atoms with Crippen molar-refractivity contribution in [3.8, 4) is 5.75 Å². The van der Waals surface area contributed by atoms with Gasteiger partial charge < -0.3 is 20.2 Å². The molecule has 1 aromatic carbocycles. The van der Waals surface area contributed by atoms with Gasteiger partial charge in [-0.05, 0) is 43.5 Å². The highest BCUT2D eigenvalue weighted by Crippen LogP contribution is 2.33. The van der Waals surface area contributed by atoms with E-state index in [2.05, 4.69) is 27.5 Å². The normalized spacial score (nSPS) is 13.3. The molecule has 1 aromatic heterocycles. The first-order chi connectivity index (χ1) is 13.7. The Kier molecular flexibility index (Phi) is 7.33. The molecule has 0 saturated carbocycles. The number of benzene rings is 1. The number of rotatable bonds is 5. The molecular formula is C20H28N5O3S+. The summed E-state index contributed by atoms with van der Waals surface area (Å²) >= 11 is 4.11. The van der Waals surface area contributed by atoms with Gasteiger partial charge in [-0.1, -0.05) is 13.0 Å². The Hall–Kier alpha value is -2.94. The predicted molar refractivity (Wildman–Crippen MR) is 117 cm³/mol. The molecule has 0 unspecified atom stereocenters. The maximum Gasteiger partial charge on any atom is 0.322 e. The predicted octanol–water partition coefficient (Wildman–Crippen LogP) is 1.36. The van der Waals surface area contributed by atoms with Crippen molar-refractivity contribution in [1.82, 2.24) is 9.62 Å². The Labute approximate surface area is 176 Å². The minimum Gasteiger partial charge on any atom is -0.505 e. The maximum absolute atomic E-state index is 12.4. The molecule has 0 spiro atoms. The van der Waals surface area contributed by atoms with Crippen LogP contribution in [0.3, 0.4) is 0 Å². The van der Waals surface area contributed by atoms with E-state index in [1.165, 1.54) is 4.90 Å². The highest BCUT2D eigenvalue weighted by atomic mass is 32.1. The first kappa shape index (κ1) is 22.4. The summed E-state index contributed by atoms with van der Waals surface area (Å²) in [6.07, 6.45) is 2.41. The van der Waals surface area contributed by atoms with Crippen molar-refractivity contribution in [2.45, 2.75) is 33.2 Å². The van der Waals surface area contributed by atoms with Crippen LogP contribution in [0.5, 0.6) is 5.75 Å². The van der Waals surface area contributed by atoms with Gasteiger partial charge in [0.1, 0.15) is 11.4 Å². The molecule has 1 heterocycles. The van der Waals surface area contributed by atoms with Gasteiger partial charge in [-0.15, -0.1) is 0 Å². The number of nitrogens with zero attached hydrogens (tertiary/aromatic N) is 2. The zero-order chi connectivity index (χ0) is 21.7. The van der Waals surface area contributed by atoms with Crippen LogP contribution in [0, 0.1) is 13.8 Å². The number of hydrogen-bond acceptors (Lipinski definition) is 5. The molecule has 2 aromatic rings. The minimum atomic E-state index is -0.315. The molecule has 156 valence electrons. The lowest BCUT2D eigenvalue weighted by atomic mass is 10.1. The molecule has 9 heteroatoms. The van der Waals surface area contributed by atoms with Gasteiger partial charge in [0.05, 0.1) is 11.8 Å². The van der Waals surface area contributed by atoms with E-state index in [1.807, 2.05) is 19.9 Å². The molecule has 1 atom stereocenters. The Balaban J connectivity index is 2.44. The van der Waals surface area contributed by atoms with Crippen molar-refractivity contribution in [3.63, 3.8) is 0 Å². The summed E-state index contributed by atoms with van der Waals surface area (Å²) in [6.45, 7) is 5.70. The number of thiol groups is 1. The molecule has 1 amide bonds. The van der Waals surface area contributed by atoms with Crippen LogP contribution in [0.15, 0.2) is 33.9 Å². The van der Waals surface area contributed by atoms with Crippen LogP contribution < -0.4 is 15.4 Å². The average Bonchev–Trinajstić information content (AvgIpc) is 3.11. The highest BCUT2D eigenvalue weighted by molar-refractivity contribution is 7.78.